The molecule has 0 fully saturated rings. The molecule has 2 aromatic carbocycles. The number of aryl methyl sites for hydroxylation is 2. The second-order valence-corrected chi connectivity index (χ2v) is 10.0. The molecule has 0 radical (unpaired) electrons. The van der Waals surface area contributed by atoms with Crippen molar-refractivity contribution in [2.45, 2.75) is 33.3 Å². The van der Waals surface area contributed by atoms with Gasteiger partial charge in [0.05, 0.1) is 52.1 Å². The van der Waals surface area contributed by atoms with Gasteiger partial charge < -0.3 is 14.2 Å². The van der Waals surface area contributed by atoms with Crippen molar-refractivity contribution in [1.29, 1.82) is 0 Å². The summed E-state index contributed by atoms with van der Waals surface area (Å²) in [6, 6.07) is 5.31. The molecule has 12 heteroatoms. The lowest BCUT2D eigenvalue weighted by molar-refractivity contribution is 0.100. The van der Waals surface area contributed by atoms with Crippen LogP contribution in [0, 0.1) is 19.7 Å². The summed E-state index contributed by atoms with van der Waals surface area (Å²) in [6.07, 6.45) is 3.73. The molecule has 1 atom stereocenters. The Morgan fingerprint density at radius 2 is 1.95 bits per heavy atom. The quantitative estimate of drug-likeness (QED) is 0.298. The zero-order valence-corrected chi connectivity index (χ0v) is 22.1. The molecule has 198 valence electrons. The number of ether oxygens (including phenoxy) is 3. The van der Waals surface area contributed by atoms with Crippen molar-refractivity contribution < 1.29 is 23.4 Å². The minimum absolute atomic E-state index is 0.0555. The monoisotopic (exact) mass is 546 g/mol. The molecule has 0 saturated heterocycles. The standard InChI is InChI=1S/C27H23FN6O4S/c1-4-36-22-11-31-23-17(5-13(2)6-20(23)33-22)26-34-21-8-19(28)24-18(25(21)39-26)7-16(38-24)12-37-27(35)32-15-9-29-14(3)30-10-15/h5-6,8-11,16H,4,7,12H2,1-3H3,(H,32,35). The first-order valence-electron chi connectivity index (χ1n) is 12.3. The van der Waals surface area contributed by atoms with Gasteiger partial charge in [0.15, 0.2) is 11.6 Å². The van der Waals surface area contributed by atoms with E-state index in [0.29, 0.717) is 57.5 Å². The second kappa shape index (κ2) is 10.0. The van der Waals surface area contributed by atoms with Crippen molar-refractivity contribution in [3.8, 4) is 22.2 Å². The Labute approximate surface area is 226 Å². The third-order valence-corrected chi connectivity index (χ3v) is 7.28. The summed E-state index contributed by atoms with van der Waals surface area (Å²) in [5.41, 5.74) is 4.83. The summed E-state index contributed by atoms with van der Waals surface area (Å²) >= 11 is 1.44. The Morgan fingerprint density at radius 3 is 2.74 bits per heavy atom. The highest BCUT2D eigenvalue weighted by Gasteiger charge is 2.31. The van der Waals surface area contributed by atoms with E-state index < -0.39 is 18.0 Å². The maximum absolute atomic E-state index is 15.0. The number of nitrogens with one attached hydrogen (secondary N) is 1. The molecule has 1 unspecified atom stereocenters. The molecule has 10 nitrogen and oxygen atoms in total. The SMILES string of the molecule is CCOc1cnc2c(-c3nc4cc(F)c5c(c4s3)CC(COC(=O)Nc3cnc(C)nc3)O5)cc(C)cc2n1. The predicted octanol–water partition coefficient (Wildman–Crippen LogP) is 5.40. The highest BCUT2D eigenvalue weighted by molar-refractivity contribution is 7.22. The first-order valence-corrected chi connectivity index (χ1v) is 13.1. The van der Waals surface area contributed by atoms with Gasteiger partial charge in [0.1, 0.15) is 23.5 Å². The lowest BCUT2D eigenvalue weighted by atomic mass is 10.1. The van der Waals surface area contributed by atoms with E-state index in [9.17, 15) is 4.79 Å². The molecular formula is C27H23FN6O4S. The second-order valence-electron chi connectivity index (χ2n) is 9.04. The first-order chi connectivity index (χ1) is 18.9. The fourth-order valence-electron chi connectivity index (χ4n) is 4.44. The molecule has 0 aliphatic carbocycles. The summed E-state index contributed by atoms with van der Waals surface area (Å²) in [4.78, 5) is 34.2. The summed E-state index contributed by atoms with van der Waals surface area (Å²) < 4.78 is 32.5. The maximum Gasteiger partial charge on any atom is 0.411 e. The number of thiazole rings is 1. The smallest absolute Gasteiger partial charge is 0.411 e. The number of benzene rings is 2. The van der Waals surface area contributed by atoms with Crippen molar-refractivity contribution in [2.75, 3.05) is 18.5 Å². The van der Waals surface area contributed by atoms with E-state index in [1.54, 1.807) is 13.1 Å². The van der Waals surface area contributed by atoms with Crippen LogP contribution in [0.1, 0.15) is 23.9 Å². The molecule has 1 aliphatic heterocycles. The number of rotatable bonds is 6. The van der Waals surface area contributed by atoms with Crippen LogP contribution in [0.25, 0.3) is 31.8 Å². The van der Waals surface area contributed by atoms with Gasteiger partial charge in [0, 0.05) is 23.6 Å². The number of aromatic nitrogens is 5. The van der Waals surface area contributed by atoms with E-state index in [-0.39, 0.29) is 12.4 Å². The molecule has 0 bridgehead atoms. The molecule has 1 N–H and O–H groups in total. The van der Waals surface area contributed by atoms with E-state index in [2.05, 4.69) is 25.3 Å². The van der Waals surface area contributed by atoms with Gasteiger partial charge in [-0.2, -0.15) is 0 Å². The van der Waals surface area contributed by atoms with Crippen molar-refractivity contribution in [3.05, 3.63) is 59.6 Å². The van der Waals surface area contributed by atoms with Crippen LogP contribution in [0.5, 0.6) is 11.6 Å². The number of hydrogen-bond donors (Lipinski definition) is 1. The van der Waals surface area contributed by atoms with Gasteiger partial charge in [-0.1, -0.05) is 0 Å². The number of halogens is 1. The Bertz CT molecular complexity index is 1730. The third-order valence-electron chi connectivity index (χ3n) is 6.12. The average Bonchev–Trinajstić information content (AvgIpc) is 3.53. The fraction of sp³-hybridized carbons (Fsp3) is 0.259. The zero-order chi connectivity index (χ0) is 27.1. The Balaban J connectivity index is 1.25. The van der Waals surface area contributed by atoms with Gasteiger partial charge in [-0.15, -0.1) is 11.3 Å². The van der Waals surface area contributed by atoms with Crippen molar-refractivity contribution in [3.63, 3.8) is 0 Å². The first kappa shape index (κ1) is 24.9. The van der Waals surface area contributed by atoms with E-state index in [1.807, 2.05) is 26.0 Å². The number of fused-ring (bicyclic) bond motifs is 4. The van der Waals surface area contributed by atoms with Crippen molar-refractivity contribution >= 4 is 44.4 Å². The molecule has 6 rings (SSSR count). The zero-order valence-electron chi connectivity index (χ0n) is 21.3. The summed E-state index contributed by atoms with van der Waals surface area (Å²) in [6.45, 7) is 6.05. The van der Waals surface area contributed by atoms with E-state index in [1.165, 1.54) is 29.8 Å². The Hall–Kier alpha value is -4.45. The average molecular weight is 547 g/mol. The highest BCUT2D eigenvalue weighted by Crippen LogP contribution is 2.43. The Kier molecular flexibility index (Phi) is 6.39. The van der Waals surface area contributed by atoms with Gasteiger partial charge in [-0.25, -0.2) is 34.1 Å². The van der Waals surface area contributed by atoms with Crippen molar-refractivity contribution in [1.82, 2.24) is 24.9 Å². The molecule has 1 amide bonds. The van der Waals surface area contributed by atoms with Crippen LogP contribution in [0.2, 0.25) is 0 Å². The van der Waals surface area contributed by atoms with Crippen LogP contribution in [0.15, 0.2) is 36.8 Å². The number of carbonyl (C=O) groups excluding carboxylic acids is 1. The number of nitrogens with zero attached hydrogens (tertiary/aromatic N) is 5. The van der Waals surface area contributed by atoms with Gasteiger partial charge in [-0.05, 0) is 38.5 Å². The summed E-state index contributed by atoms with van der Waals surface area (Å²) in [5, 5.41) is 3.26. The van der Waals surface area contributed by atoms with Crippen LogP contribution in [-0.4, -0.2) is 50.3 Å². The molecular weight excluding hydrogens is 523 g/mol. The predicted molar refractivity (Wildman–Crippen MR) is 144 cm³/mol. The van der Waals surface area contributed by atoms with E-state index >= 15 is 4.39 Å². The fourth-order valence-corrected chi connectivity index (χ4v) is 5.56. The molecule has 39 heavy (non-hydrogen) atoms. The van der Waals surface area contributed by atoms with Crippen molar-refractivity contribution in [2.24, 2.45) is 0 Å². The van der Waals surface area contributed by atoms with Crippen LogP contribution < -0.4 is 14.8 Å². The van der Waals surface area contributed by atoms with E-state index in [4.69, 9.17) is 19.2 Å². The van der Waals surface area contributed by atoms with Gasteiger partial charge in [0.25, 0.3) is 0 Å². The van der Waals surface area contributed by atoms with Crippen LogP contribution in [-0.2, 0) is 11.2 Å². The minimum atomic E-state index is -0.673. The van der Waals surface area contributed by atoms with E-state index in [0.717, 1.165) is 15.8 Å². The number of hydrogen-bond acceptors (Lipinski definition) is 10. The maximum atomic E-state index is 15.0. The van der Waals surface area contributed by atoms with Gasteiger partial charge >= 0.3 is 6.09 Å². The van der Waals surface area contributed by atoms with Crippen LogP contribution in [0.3, 0.4) is 0 Å². The largest absolute Gasteiger partial charge is 0.483 e. The van der Waals surface area contributed by atoms with Crippen LogP contribution >= 0.6 is 11.3 Å². The van der Waals surface area contributed by atoms with Gasteiger partial charge in [-0.3, -0.25) is 5.32 Å². The molecule has 3 aromatic heterocycles. The molecule has 4 heterocycles. The lowest BCUT2D eigenvalue weighted by Crippen LogP contribution is -2.25. The normalized spacial score (nSPS) is 14.3. The number of amides is 1. The topological polar surface area (TPSA) is 121 Å². The van der Waals surface area contributed by atoms with Gasteiger partial charge in [0.2, 0.25) is 5.88 Å². The lowest BCUT2D eigenvalue weighted by Gasteiger charge is -2.12. The molecule has 0 spiro atoms. The third kappa shape index (κ3) is 4.90. The summed E-state index contributed by atoms with van der Waals surface area (Å²) in [5.74, 6) is 0.698. The molecule has 1 aliphatic rings. The molecule has 5 aromatic rings. The number of anilines is 1. The number of carbonyl (C=O) groups is 1. The van der Waals surface area contributed by atoms with Crippen LogP contribution in [0.4, 0.5) is 14.9 Å². The Morgan fingerprint density at radius 1 is 1.13 bits per heavy atom. The highest BCUT2D eigenvalue weighted by atomic mass is 32.1. The summed E-state index contributed by atoms with van der Waals surface area (Å²) in [7, 11) is 0. The minimum Gasteiger partial charge on any atom is -0.483 e. The molecule has 0 saturated carbocycles.